The van der Waals surface area contributed by atoms with Gasteiger partial charge >= 0.3 is 6.01 Å². The third-order valence-electron chi connectivity index (χ3n) is 3.31. The van der Waals surface area contributed by atoms with Crippen LogP contribution in [0.2, 0.25) is 5.02 Å². The van der Waals surface area contributed by atoms with Gasteiger partial charge in [-0.05, 0) is 29.8 Å². The van der Waals surface area contributed by atoms with Crippen molar-refractivity contribution in [1.82, 2.24) is 10.2 Å². The van der Waals surface area contributed by atoms with Crippen LogP contribution in [0.25, 0.3) is 17.5 Å². The Morgan fingerprint density at radius 2 is 1.92 bits per heavy atom. The van der Waals surface area contributed by atoms with E-state index >= 15 is 0 Å². The molecular formula is C18H14ClN3O3. The lowest BCUT2D eigenvalue weighted by Gasteiger charge is -2.03. The monoisotopic (exact) mass is 355 g/mol. The van der Waals surface area contributed by atoms with E-state index in [1.54, 1.807) is 37.5 Å². The zero-order chi connectivity index (χ0) is 17.6. The van der Waals surface area contributed by atoms with Crippen LogP contribution in [0, 0.1) is 0 Å². The molecule has 1 aromatic heterocycles. The number of aromatic nitrogens is 2. The maximum Gasteiger partial charge on any atom is 0.322 e. The number of methoxy groups -OCH3 is 1. The van der Waals surface area contributed by atoms with Crippen molar-refractivity contribution in [3.63, 3.8) is 0 Å². The molecule has 0 saturated heterocycles. The largest absolute Gasteiger partial charge is 0.496 e. The third kappa shape index (κ3) is 4.05. The highest BCUT2D eigenvalue weighted by Crippen LogP contribution is 2.29. The first-order valence-corrected chi connectivity index (χ1v) is 7.75. The van der Waals surface area contributed by atoms with Gasteiger partial charge in [0.15, 0.2) is 0 Å². The maximum absolute atomic E-state index is 12.0. The first-order valence-electron chi connectivity index (χ1n) is 7.38. The van der Waals surface area contributed by atoms with Crippen LogP contribution in [0.4, 0.5) is 6.01 Å². The first kappa shape index (κ1) is 16.7. The molecule has 1 amide bonds. The van der Waals surface area contributed by atoms with Gasteiger partial charge in [-0.1, -0.05) is 47.0 Å². The molecule has 0 unspecified atom stereocenters. The van der Waals surface area contributed by atoms with Gasteiger partial charge in [-0.25, -0.2) is 0 Å². The van der Waals surface area contributed by atoms with Gasteiger partial charge in [0.2, 0.25) is 0 Å². The molecule has 3 aromatic rings. The smallest absolute Gasteiger partial charge is 0.322 e. The summed E-state index contributed by atoms with van der Waals surface area (Å²) in [4.78, 5) is 12.0. The van der Waals surface area contributed by atoms with E-state index in [0.29, 0.717) is 16.3 Å². The highest BCUT2D eigenvalue weighted by molar-refractivity contribution is 6.32. The van der Waals surface area contributed by atoms with Gasteiger partial charge in [0, 0.05) is 11.1 Å². The van der Waals surface area contributed by atoms with Crippen LogP contribution in [0.5, 0.6) is 5.75 Å². The average Bonchev–Trinajstić information content (AvgIpc) is 3.09. The summed E-state index contributed by atoms with van der Waals surface area (Å²) in [7, 11) is 1.55. The molecule has 0 saturated carbocycles. The van der Waals surface area contributed by atoms with E-state index in [1.165, 1.54) is 6.08 Å². The summed E-state index contributed by atoms with van der Waals surface area (Å²) in [5.41, 5.74) is 1.38. The minimum Gasteiger partial charge on any atom is -0.496 e. The number of carbonyl (C=O) groups is 1. The van der Waals surface area contributed by atoms with Gasteiger partial charge in [0.1, 0.15) is 5.75 Å². The maximum atomic E-state index is 12.0. The molecule has 0 aliphatic carbocycles. The van der Waals surface area contributed by atoms with Crippen LogP contribution >= 0.6 is 11.6 Å². The molecule has 0 atom stereocenters. The number of ether oxygens (including phenoxy) is 1. The van der Waals surface area contributed by atoms with Crippen LogP contribution in [0.15, 0.2) is 59.0 Å². The molecule has 1 heterocycles. The van der Waals surface area contributed by atoms with Crippen molar-refractivity contribution in [2.45, 2.75) is 0 Å². The van der Waals surface area contributed by atoms with Crippen molar-refractivity contribution in [2.24, 2.45) is 0 Å². The Labute approximate surface area is 149 Å². The molecule has 3 rings (SSSR count). The summed E-state index contributed by atoms with van der Waals surface area (Å²) in [6.45, 7) is 0. The van der Waals surface area contributed by atoms with E-state index in [1.807, 2.05) is 24.3 Å². The second-order valence-electron chi connectivity index (χ2n) is 4.96. The van der Waals surface area contributed by atoms with Crippen LogP contribution in [0.3, 0.4) is 0 Å². The Morgan fingerprint density at radius 3 is 2.72 bits per heavy atom. The molecule has 25 heavy (non-hydrogen) atoms. The van der Waals surface area contributed by atoms with Crippen LogP contribution in [-0.2, 0) is 4.79 Å². The van der Waals surface area contributed by atoms with Crippen molar-refractivity contribution in [2.75, 3.05) is 12.4 Å². The van der Waals surface area contributed by atoms with E-state index in [0.717, 1.165) is 5.56 Å². The van der Waals surface area contributed by atoms with E-state index < -0.39 is 5.91 Å². The van der Waals surface area contributed by atoms with Crippen molar-refractivity contribution >= 4 is 29.6 Å². The number of amides is 1. The number of anilines is 1. The number of para-hydroxylation sites is 1. The summed E-state index contributed by atoms with van der Waals surface area (Å²) in [6.07, 6.45) is 2.95. The molecule has 2 aromatic carbocycles. The van der Waals surface area contributed by atoms with Gasteiger partial charge in [0.25, 0.3) is 11.8 Å². The first-order chi connectivity index (χ1) is 12.2. The minimum atomic E-state index is -0.407. The molecule has 1 N–H and O–H groups in total. The normalized spacial score (nSPS) is 10.8. The van der Waals surface area contributed by atoms with E-state index in [4.69, 9.17) is 20.8 Å². The SMILES string of the molecule is COc1ccccc1-c1nnc(NC(=O)C=Cc2ccccc2Cl)o1. The fourth-order valence-electron chi connectivity index (χ4n) is 2.13. The number of carbonyl (C=O) groups excluding carboxylic acids is 1. The minimum absolute atomic E-state index is 0.00489. The Morgan fingerprint density at radius 1 is 1.16 bits per heavy atom. The number of hydrogen-bond acceptors (Lipinski definition) is 5. The van der Waals surface area contributed by atoms with Crippen LogP contribution in [0.1, 0.15) is 5.56 Å². The van der Waals surface area contributed by atoms with Gasteiger partial charge in [-0.15, -0.1) is 5.10 Å². The molecule has 6 nitrogen and oxygen atoms in total. The predicted octanol–water partition coefficient (Wildman–Crippen LogP) is 4.05. The lowest BCUT2D eigenvalue weighted by molar-refractivity contribution is -0.112. The number of hydrogen-bond donors (Lipinski definition) is 1. The van der Waals surface area contributed by atoms with Crippen molar-refractivity contribution in [1.29, 1.82) is 0 Å². The van der Waals surface area contributed by atoms with Crippen molar-refractivity contribution < 1.29 is 13.9 Å². The highest BCUT2D eigenvalue weighted by atomic mass is 35.5. The van der Waals surface area contributed by atoms with E-state index in [-0.39, 0.29) is 11.9 Å². The van der Waals surface area contributed by atoms with E-state index in [2.05, 4.69) is 15.5 Å². The summed E-state index contributed by atoms with van der Waals surface area (Å²) < 4.78 is 10.7. The number of halogens is 1. The van der Waals surface area contributed by atoms with Crippen LogP contribution < -0.4 is 10.1 Å². The molecular weight excluding hydrogens is 342 g/mol. The second kappa shape index (κ2) is 7.63. The Bertz CT molecular complexity index is 921. The molecule has 0 bridgehead atoms. The van der Waals surface area contributed by atoms with Gasteiger partial charge in [-0.2, -0.15) is 0 Å². The Balaban J connectivity index is 1.71. The van der Waals surface area contributed by atoms with Crippen molar-refractivity contribution in [3.8, 4) is 17.2 Å². The predicted molar refractivity (Wildman–Crippen MR) is 95.4 cm³/mol. The number of nitrogens with one attached hydrogen (secondary N) is 1. The standard InChI is InChI=1S/C18H14ClN3O3/c1-24-15-9-5-3-7-13(15)17-21-22-18(25-17)20-16(23)11-10-12-6-2-4-8-14(12)19/h2-11H,1H3,(H,20,22,23). The zero-order valence-electron chi connectivity index (χ0n) is 13.3. The molecule has 0 radical (unpaired) electrons. The lowest BCUT2D eigenvalue weighted by Crippen LogP contribution is -2.07. The molecule has 0 spiro atoms. The number of nitrogens with zero attached hydrogens (tertiary/aromatic N) is 2. The zero-order valence-corrected chi connectivity index (χ0v) is 14.0. The van der Waals surface area contributed by atoms with Gasteiger partial charge in [0.05, 0.1) is 12.7 Å². The molecule has 126 valence electrons. The molecule has 0 aliphatic rings. The third-order valence-corrected chi connectivity index (χ3v) is 3.66. The fourth-order valence-corrected chi connectivity index (χ4v) is 2.33. The van der Waals surface area contributed by atoms with Gasteiger partial charge in [-0.3, -0.25) is 10.1 Å². The number of benzene rings is 2. The summed E-state index contributed by atoms with van der Waals surface area (Å²) in [5.74, 6) is 0.445. The quantitative estimate of drug-likeness (QED) is 0.698. The van der Waals surface area contributed by atoms with Crippen molar-refractivity contribution in [3.05, 3.63) is 65.2 Å². The Hall–Kier alpha value is -3.12. The Kier molecular flexibility index (Phi) is 5.11. The average molecular weight is 356 g/mol. The summed E-state index contributed by atoms with van der Waals surface area (Å²) in [5, 5.41) is 10.8. The molecule has 7 heteroatoms. The highest BCUT2D eigenvalue weighted by Gasteiger charge is 2.13. The summed E-state index contributed by atoms with van der Waals surface area (Å²) >= 11 is 6.03. The molecule has 0 aliphatic heterocycles. The summed E-state index contributed by atoms with van der Waals surface area (Å²) in [6, 6.07) is 14.4. The van der Waals surface area contributed by atoms with E-state index in [9.17, 15) is 4.79 Å². The molecule has 0 fully saturated rings. The number of rotatable bonds is 5. The topological polar surface area (TPSA) is 77.3 Å². The fraction of sp³-hybridized carbons (Fsp3) is 0.0556. The van der Waals surface area contributed by atoms with Gasteiger partial charge < -0.3 is 9.15 Å². The lowest BCUT2D eigenvalue weighted by atomic mass is 10.2. The second-order valence-corrected chi connectivity index (χ2v) is 5.36. The van der Waals surface area contributed by atoms with Crippen LogP contribution in [-0.4, -0.2) is 23.2 Å².